The third-order valence-electron chi connectivity index (χ3n) is 3.80. The molecule has 0 atom stereocenters. The van der Waals surface area contributed by atoms with Crippen LogP contribution in [-0.2, 0) is 10.0 Å². The Bertz CT molecular complexity index is 570. The van der Waals surface area contributed by atoms with Crippen molar-refractivity contribution >= 4 is 26.0 Å². The second kappa shape index (κ2) is 6.45. The van der Waals surface area contributed by atoms with Crippen molar-refractivity contribution in [2.45, 2.75) is 31.1 Å². The van der Waals surface area contributed by atoms with Crippen LogP contribution in [0.1, 0.15) is 26.2 Å². The van der Waals surface area contributed by atoms with E-state index in [2.05, 4.69) is 15.9 Å². The first-order chi connectivity index (χ1) is 9.48. The highest BCUT2D eigenvalue weighted by molar-refractivity contribution is 9.10. The summed E-state index contributed by atoms with van der Waals surface area (Å²) in [6.45, 7) is 3.01. The van der Waals surface area contributed by atoms with E-state index < -0.39 is 10.0 Å². The van der Waals surface area contributed by atoms with Crippen LogP contribution in [0.15, 0.2) is 27.6 Å². The average molecular weight is 362 g/mol. The highest BCUT2D eigenvalue weighted by atomic mass is 79.9. The number of benzene rings is 1. The van der Waals surface area contributed by atoms with Crippen molar-refractivity contribution in [1.82, 2.24) is 4.31 Å². The molecule has 112 valence electrons. The fourth-order valence-electron chi connectivity index (χ4n) is 2.32. The van der Waals surface area contributed by atoms with Crippen molar-refractivity contribution < 1.29 is 13.2 Å². The van der Waals surface area contributed by atoms with Gasteiger partial charge in [0, 0.05) is 13.1 Å². The van der Waals surface area contributed by atoms with Gasteiger partial charge in [0.25, 0.3) is 0 Å². The number of halogens is 1. The van der Waals surface area contributed by atoms with Gasteiger partial charge >= 0.3 is 0 Å². The maximum absolute atomic E-state index is 12.7. The van der Waals surface area contributed by atoms with Crippen LogP contribution in [0.5, 0.6) is 5.75 Å². The molecule has 0 radical (unpaired) electrons. The Balaban J connectivity index is 2.24. The third-order valence-corrected chi connectivity index (χ3v) is 6.36. The molecular formula is C14H20BrNO3S. The van der Waals surface area contributed by atoms with Gasteiger partial charge in [-0.25, -0.2) is 8.42 Å². The fraction of sp³-hybridized carbons (Fsp3) is 0.571. The number of sulfonamides is 1. The van der Waals surface area contributed by atoms with Gasteiger partial charge in [0.05, 0.1) is 16.5 Å². The van der Waals surface area contributed by atoms with Crippen LogP contribution < -0.4 is 4.74 Å². The smallest absolute Gasteiger partial charge is 0.243 e. The quantitative estimate of drug-likeness (QED) is 0.780. The molecule has 6 heteroatoms. The number of hydrogen-bond donors (Lipinski definition) is 0. The predicted molar refractivity (Wildman–Crippen MR) is 82.5 cm³/mol. The van der Waals surface area contributed by atoms with Gasteiger partial charge in [0.1, 0.15) is 5.75 Å². The predicted octanol–water partition coefficient (Wildman–Crippen LogP) is 3.27. The lowest BCUT2D eigenvalue weighted by Gasteiger charge is -2.31. The Morgan fingerprint density at radius 1 is 1.40 bits per heavy atom. The molecule has 2 rings (SSSR count). The third kappa shape index (κ3) is 3.18. The molecule has 0 unspecified atom stereocenters. The zero-order chi connectivity index (χ0) is 14.8. The molecule has 1 aromatic carbocycles. The Morgan fingerprint density at radius 3 is 2.55 bits per heavy atom. The molecule has 20 heavy (non-hydrogen) atoms. The molecule has 1 aliphatic carbocycles. The van der Waals surface area contributed by atoms with Crippen molar-refractivity contribution in [3.63, 3.8) is 0 Å². The number of rotatable bonds is 6. The Kier molecular flexibility index (Phi) is 5.09. The standard InChI is InChI=1S/C14H20BrNO3S/c1-3-16(10-11-5-4-6-11)20(17,18)12-7-8-14(19-2)13(15)9-12/h7-9,11H,3-6,10H2,1-2H3. The van der Waals surface area contributed by atoms with Crippen molar-refractivity contribution in [1.29, 1.82) is 0 Å². The van der Waals surface area contributed by atoms with Crippen LogP contribution in [-0.4, -0.2) is 32.9 Å². The summed E-state index contributed by atoms with van der Waals surface area (Å²) in [4.78, 5) is 0.311. The van der Waals surface area contributed by atoms with Gasteiger partial charge in [-0.05, 0) is 52.9 Å². The van der Waals surface area contributed by atoms with Gasteiger partial charge in [-0.2, -0.15) is 4.31 Å². The Morgan fingerprint density at radius 2 is 2.10 bits per heavy atom. The van der Waals surface area contributed by atoms with Crippen molar-refractivity contribution in [2.24, 2.45) is 5.92 Å². The van der Waals surface area contributed by atoms with Gasteiger partial charge < -0.3 is 4.74 Å². The first-order valence-corrected chi connectivity index (χ1v) is 9.06. The van der Waals surface area contributed by atoms with E-state index in [4.69, 9.17) is 4.74 Å². The molecule has 4 nitrogen and oxygen atoms in total. The van der Waals surface area contributed by atoms with Crippen LogP contribution in [0.2, 0.25) is 0 Å². The van der Waals surface area contributed by atoms with Crippen LogP contribution in [0.3, 0.4) is 0 Å². The molecule has 0 heterocycles. The van der Waals surface area contributed by atoms with Crippen LogP contribution >= 0.6 is 15.9 Å². The summed E-state index contributed by atoms with van der Waals surface area (Å²) in [7, 11) is -1.86. The molecule has 0 N–H and O–H groups in total. The SMILES string of the molecule is CCN(CC1CCC1)S(=O)(=O)c1ccc(OC)c(Br)c1. The van der Waals surface area contributed by atoms with E-state index in [1.807, 2.05) is 6.92 Å². The lowest BCUT2D eigenvalue weighted by molar-refractivity contribution is 0.250. The normalized spacial score (nSPS) is 16.2. The summed E-state index contributed by atoms with van der Waals surface area (Å²) in [6.07, 6.45) is 3.49. The number of methoxy groups -OCH3 is 1. The second-order valence-electron chi connectivity index (χ2n) is 5.05. The minimum atomic E-state index is -3.42. The molecule has 1 saturated carbocycles. The van der Waals surface area contributed by atoms with Gasteiger partial charge in [0.15, 0.2) is 0 Å². The van der Waals surface area contributed by atoms with Gasteiger partial charge in [-0.3, -0.25) is 0 Å². The summed E-state index contributed by atoms with van der Waals surface area (Å²) >= 11 is 3.34. The maximum atomic E-state index is 12.7. The number of nitrogens with zero attached hydrogens (tertiary/aromatic N) is 1. The summed E-state index contributed by atoms with van der Waals surface area (Å²) < 4.78 is 32.7. The zero-order valence-electron chi connectivity index (χ0n) is 11.8. The van der Waals surface area contributed by atoms with E-state index in [1.165, 1.54) is 6.42 Å². The molecule has 0 aromatic heterocycles. The molecular weight excluding hydrogens is 342 g/mol. The molecule has 0 bridgehead atoms. The van der Waals surface area contributed by atoms with Crippen molar-refractivity contribution in [2.75, 3.05) is 20.2 Å². The summed E-state index contributed by atoms with van der Waals surface area (Å²) in [5.41, 5.74) is 0. The second-order valence-corrected chi connectivity index (χ2v) is 7.84. The lowest BCUT2D eigenvalue weighted by Crippen LogP contribution is -2.37. The molecule has 0 amide bonds. The molecule has 1 aromatic rings. The summed E-state index contributed by atoms with van der Waals surface area (Å²) in [6, 6.07) is 4.88. The summed E-state index contributed by atoms with van der Waals surface area (Å²) in [5.74, 6) is 1.15. The summed E-state index contributed by atoms with van der Waals surface area (Å²) in [5, 5.41) is 0. The van der Waals surface area contributed by atoms with E-state index in [-0.39, 0.29) is 0 Å². The van der Waals surface area contributed by atoms with Crippen molar-refractivity contribution in [3.05, 3.63) is 22.7 Å². The fourth-order valence-corrected chi connectivity index (χ4v) is 4.56. The molecule has 1 fully saturated rings. The lowest BCUT2D eigenvalue weighted by atomic mass is 9.85. The van der Waals surface area contributed by atoms with Gasteiger partial charge in [-0.1, -0.05) is 13.3 Å². The maximum Gasteiger partial charge on any atom is 0.243 e. The topological polar surface area (TPSA) is 46.6 Å². The van der Waals surface area contributed by atoms with Crippen LogP contribution in [0.4, 0.5) is 0 Å². The highest BCUT2D eigenvalue weighted by Gasteiger charge is 2.28. The molecule has 0 saturated heterocycles. The van der Waals surface area contributed by atoms with E-state index in [1.54, 1.807) is 29.6 Å². The van der Waals surface area contributed by atoms with E-state index in [0.29, 0.717) is 34.1 Å². The number of hydrogen-bond acceptors (Lipinski definition) is 3. The van der Waals surface area contributed by atoms with Crippen LogP contribution in [0.25, 0.3) is 0 Å². The minimum Gasteiger partial charge on any atom is -0.496 e. The monoisotopic (exact) mass is 361 g/mol. The van der Waals surface area contributed by atoms with Gasteiger partial charge in [-0.15, -0.1) is 0 Å². The van der Waals surface area contributed by atoms with Crippen molar-refractivity contribution in [3.8, 4) is 5.75 Å². The Labute approximate surface area is 129 Å². The van der Waals surface area contributed by atoms with E-state index in [9.17, 15) is 8.42 Å². The van der Waals surface area contributed by atoms with E-state index >= 15 is 0 Å². The Hall–Kier alpha value is -0.590. The zero-order valence-corrected chi connectivity index (χ0v) is 14.2. The largest absolute Gasteiger partial charge is 0.496 e. The average Bonchev–Trinajstić information content (AvgIpc) is 2.37. The number of ether oxygens (including phenoxy) is 1. The first kappa shape index (κ1) is 15.8. The molecule has 1 aliphatic rings. The minimum absolute atomic E-state index is 0.311. The molecule has 0 aliphatic heterocycles. The van der Waals surface area contributed by atoms with Gasteiger partial charge in [0.2, 0.25) is 10.0 Å². The van der Waals surface area contributed by atoms with Crippen LogP contribution in [0, 0.1) is 5.92 Å². The highest BCUT2D eigenvalue weighted by Crippen LogP contribution is 2.31. The first-order valence-electron chi connectivity index (χ1n) is 6.82. The molecule has 0 spiro atoms. The van der Waals surface area contributed by atoms with E-state index in [0.717, 1.165) is 12.8 Å².